The number of benzene rings is 1. The Morgan fingerprint density at radius 1 is 1.50 bits per heavy atom. The maximum absolute atomic E-state index is 11.6. The highest BCUT2D eigenvalue weighted by atomic mass is 35.5. The van der Waals surface area contributed by atoms with Crippen molar-refractivity contribution in [1.29, 1.82) is 0 Å². The minimum Gasteiger partial charge on any atom is -0.507 e. The van der Waals surface area contributed by atoms with Crippen molar-refractivity contribution in [1.82, 2.24) is 10.9 Å². The Bertz CT molecular complexity index is 426. The Kier molecular flexibility index (Phi) is 4.85. The van der Waals surface area contributed by atoms with Gasteiger partial charge < -0.3 is 5.11 Å². The van der Waals surface area contributed by atoms with E-state index in [0.717, 1.165) is 0 Å². The van der Waals surface area contributed by atoms with Gasteiger partial charge in [-0.2, -0.15) is 0 Å². The first-order valence-corrected chi connectivity index (χ1v) is 6.18. The second-order valence-electron chi connectivity index (χ2n) is 2.73. The lowest BCUT2D eigenvalue weighted by atomic mass is 10.2. The van der Waals surface area contributed by atoms with Gasteiger partial charge in [-0.25, -0.2) is 0 Å². The molecule has 0 spiro atoms. The third-order valence-electron chi connectivity index (χ3n) is 1.67. The standard InChI is InChI=1S/C9H9ClN2O2S2/c1-16-9(15)12-11-8(14)6-4-5(10)2-3-7(6)13/h2-4,13H,1H3,(H,11,14)(H,12,15). The minimum atomic E-state index is -0.503. The molecule has 0 aliphatic rings. The van der Waals surface area contributed by atoms with Crippen LogP contribution in [0.3, 0.4) is 0 Å². The lowest BCUT2D eigenvalue weighted by Gasteiger charge is -2.08. The molecule has 1 aromatic rings. The molecule has 3 N–H and O–H groups in total. The van der Waals surface area contributed by atoms with Crippen molar-refractivity contribution in [2.24, 2.45) is 0 Å². The van der Waals surface area contributed by atoms with Crippen molar-refractivity contribution in [3.8, 4) is 5.75 Å². The molecule has 0 fully saturated rings. The molecular weight excluding hydrogens is 268 g/mol. The van der Waals surface area contributed by atoms with Crippen LogP contribution in [0.4, 0.5) is 0 Å². The Morgan fingerprint density at radius 3 is 2.81 bits per heavy atom. The van der Waals surface area contributed by atoms with E-state index in [-0.39, 0.29) is 11.3 Å². The number of hydrazine groups is 1. The molecule has 0 unspecified atom stereocenters. The number of hydrogen-bond donors (Lipinski definition) is 3. The Balaban J connectivity index is 2.73. The van der Waals surface area contributed by atoms with Crippen LogP contribution < -0.4 is 10.9 Å². The number of phenolic OH excluding ortho intramolecular Hbond substituents is 1. The van der Waals surface area contributed by atoms with Crippen molar-refractivity contribution >= 4 is 45.8 Å². The number of aromatic hydroxyl groups is 1. The van der Waals surface area contributed by atoms with Crippen LogP contribution >= 0.6 is 35.6 Å². The lowest BCUT2D eigenvalue weighted by Crippen LogP contribution is -2.39. The second kappa shape index (κ2) is 5.93. The predicted molar refractivity (Wildman–Crippen MR) is 69.8 cm³/mol. The van der Waals surface area contributed by atoms with E-state index in [1.807, 2.05) is 0 Å². The van der Waals surface area contributed by atoms with Crippen molar-refractivity contribution in [2.45, 2.75) is 0 Å². The Morgan fingerprint density at radius 2 is 2.19 bits per heavy atom. The van der Waals surface area contributed by atoms with Crippen LogP contribution in [0.1, 0.15) is 10.4 Å². The largest absolute Gasteiger partial charge is 0.507 e. The van der Waals surface area contributed by atoms with E-state index < -0.39 is 5.91 Å². The molecule has 0 aliphatic heterocycles. The average molecular weight is 277 g/mol. The molecule has 0 saturated carbocycles. The zero-order valence-electron chi connectivity index (χ0n) is 8.28. The number of carbonyl (C=O) groups is 1. The first kappa shape index (κ1) is 13.1. The maximum Gasteiger partial charge on any atom is 0.273 e. The van der Waals surface area contributed by atoms with E-state index in [4.69, 9.17) is 23.8 Å². The number of rotatable bonds is 1. The highest BCUT2D eigenvalue weighted by Crippen LogP contribution is 2.20. The summed E-state index contributed by atoms with van der Waals surface area (Å²) in [6.45, 7) is 0. The summed E-state index contributed by atoms with van der Waals surface area (Å²) >= 11 is 11.8. The van der Waals surface area contributed by atoms with Crippen molar-refractivity contribution < 1.29 is 9.90 Å². The summed E-state index contributed by atoms with van der Waals surface area (Å²) in [6, 6.07) is 4.22. The van der Waals surface area contributed by atoms with Gasteiger partial charge >= 0.3 is 0 Å². The van der Waals surface area contributed by atoms with E-state index in [0.29, 0.717) is 9.34 Å². The molecule has 7 heteroatoms. The summed E-state index contributed by atoms with van der Waals surface area (Å²) < 4.78 is 0.426. The smallest absolute Gasteiger partial charge is 0.273 e. The number of thioether (sulfide) groups is 1. The van der Waals surface area contributed by atoms with E-state index >= 15 is 0 Å². The monoisotopic (exact) mass is 276 g/mol. The third kappa shape index (κ3) is 3.55. The molecule has 1 aromatic carbocycles. The SMILES string of the molecule is CSC(=S)NNC(=O)c1cc(Cl)ccc1O. The molecule has 0 atom stereocenters. The fourth-order valence-corrected chi connectivity index (χ4v) is 1.29. The zero-order valence-corrected chi connectivity index (χ0v) is 10.7. The lowest BCUT2D eigenvalue weighted by molar-refractivity contribution is 0.0942. The van der Waals surface area contributed by atoms with Gasteiger partial charge in [0.1, 0.15) is 5.75 Å². The molecule has 0 bridgehead atoms. The van der Waals surface area contributed by atoms with Gasteiger partial charge in [0.15, 0.2) is 4.32 Å². The molecule has 0 aliphatic carbocycles. The fourth-order valence-electron chi connectivity index (χ4n) is 0.916. The van der Waals surface area contributed by atoms with Crippen LogP contribution in [0.25, 0.3) is 0 Å². The molecule has 0 saturated heterocycles. The molecular formula is C9H9ClN2O2S2. The molecule has 0 radical (unpaired) electrons. The summed E-state index contributed by atoms with van der Waals surface area (Å²) in [5.74, 6) is -0.643. The second-order valence-corrected chi connectivity index (χ2v) is 4.65. The van der Waals surface area contributed by atoms with E-state index in [1.165, 1.54) is 30.0 Å². The minimum absolute atomic E-state index is 0.0869. The summed E-state index contributed by atoms with van der Waals surface area (Å²) in [5, 5.41) is 9.81. The van der Waals surface area contributed by atoms with E-state index in [1.54, 1.807) is 6.26 Å². The number of hydrogen-bond acceptors (Lipinski definition) is 4. The Labute approximate surface area is 107 Å². The highest BCUT2D eigenvalue weighted by Gasteiger charge is 2.11. The van der Waals surface area contributed by atoms with Crippen molar-refractivity contribution in [2.75, 3.05) is 6.26 Å². The number of halogens is 1. The highest BCUT2D eigenvalue weighted by molar-refractivity contribution is 8.22. The van der Waals surface area contributed by atoms with Crippen LogP contribution in [0.15, 0.2) is 18.2 Å². The molecule has 1 rings (SSSR count). The van der Waals surface area contributed by atoms with Crippen molar-refractivity contribution in [3.63, 3.8) is 0 Å². The quantitative estimate of drug-likeness (QED) is 0.540. The van der Waals surface area contributed by atoms with Gasteiger partial charge in [-0.15, -0.1) is 0 Å². The fraction of sp³-hybridized carbons (Fsp3) is 0.111. The number of amides is 1. The maximum atomic E-state index is 11.6. The Hall–Kier alpha value is -0.980. The number of nitrogens with one attached hydrogen (secondary N) is 2. The van der Waals surface area contributed by atoms with Gasteiger partial charge in [0.25, 0.3) is 5.91 Å². The molecule has 0 heterocycles. The summed E-state index contributed by atoms with van der Waals surface area (Å²) in [5.41, 5.74) is 4.95. The molecule has 0 aromatic heterocycles. The number of carbonyl (C=O) groups excluding carboxylic acids is 1. The van der Waals surface area contributed by atoms with Gasteiger partial charge in [-0.1, -0.05) is 35.6 Å². The van der Waals surface area contributed by atoms with Crippen LogP contribution in [0, 0.1) is 0 Å². The normalized spacial score (nSPS) is 9.62. The van der Waals surface area contributed by atoms with Gasteiger partial charge in [-0.3, -0.25) is 15.6 Å². The third-order valence-corrected chi connectivity index (χ3v) is 2.98. The van der Waals surface area contributed by atoms with Gasteiger partial charge in [0.05, 0.1) is 5.56 Å². The topological polar surface area (TPSA) is 61.4 Å². The predicted octanol–water partition coefficient (Wildman–Crippen LogP) is 1.93. The van der Waals surface area contributed by atoms with Crippen LogP contribution in [0.2, 0.25) is 5.02 Å². The van der Waals surface area contributed by atoms with E-state index in [2.05, 4.69) is 10.9 Å². The zero-order chi connectivity index (χ0) is 12.1. The first-order chi connectivity index (χ1) is 7.54. The molecule has 16 heavy (non-hydrogen) atoms. The van der Waals surface area contributed by atoms with Crippen molar-refractivity contribution in [3.05, 3.63) is 28.8 Å². The van der Waals surface area contributed by atoms with Crippen LogP contribution in [-0.4, -0.2) is 21.6 Å². The van der Waals surface area contributed by atoms with Crippen LogP contribution in [-0.2, 0) is 0 Å². The molecule has 4 nitrogen and oxygen atoms in total. The number of thiocarbonyl (C=S) groups is 1. The van der Waals surface area contributed by atoms with Crippen LogP contribution in [0.5, 0.6) is 5.75 Å². The summed E-state index contributed by atoms with van der Waals surface area (Å²) in [7, 11) is 0. The average Bonchev–Trinajstić information content (AvgIpc) is 2.28. The molecule has 1 amide bonds. The number of phenols is 1. The van der Waals surface area contributed by atoms with Gasteiger partial charge in [-0.05, 0) is 24.5 Å². The molecule has 86 valence electrons. The van der Waals surface area contributed by atoms with Gasteiger partial charge in [0, 0.05) is 5.02 Å². The van der Waals surface area contributed by atoms with Gasteiger partial charge in [0.2, 0.25) is 0 Å². The summed E-state index contributed by atoms with van der Waals surface area (Å²) in [4.78, 5) is 11.6. The van der Waals surface area contributed by atoms with E-state index in [9.17, 15) is 9.90 Å². The summed E-state index contributed by atoms with van der Waals surface area (Å²) in [6.07, 6.45) is 1.78. The first-order valence-electron chi connectivity index (χ1n) is 4.17.